The van der Waals surface area contributed by atoms with E-state index >= 15 is 0 Å². The average Bonchev–Trinajstić information content (AvgIpc) is 2.92. The molecule has 1 amide bonds. The Bertz CT molecular complexity index is 595. The number of aliphatic carboxylic acids is 1. The van der Waals surface area contributed by atoms with Crippen molar-refractivity contribution in [1.29, 1.82) is 0 Å². The van der Waals surface area contributed by atoms with Crippen molar-refractivity contribution in [2.75, 3.05) is 18.5 Å². The van der Waals surface area contributed by atoms with Crippen molar-refractivity contribution >= 4 is 17.6 Å². The zero-order chi connectivity index (χ0) is 14.4. The summed E-state index contributed by atoms with van der Waals surface area (Å²) in [5.74, 6) is -1.54. The van der Waals surface area contributed by atoms with Gasteiger partial charge in [-0.1, -0.05) is 12.1 Å². The third-order valence-electron chi connectivity index (χ3n) is 2.39. The van der Waals surface area contributed by atoms with Gasteiger partial charge in [0, 0.05) is 12.4 Å². The molecule has 0 fully saturated rings. The van der Waals surface area contributed by atoms with Crippen LogP contribution in [0.5, 0.6) is 0 Å². The molecule has 1 aromatic heterocycles. The molecule has 0 saturated heterocycles. The van der Waals surface area contributed by atoms with Crippen molar-refractivity contribution in [3.8, 4) is 5.69 Å². The first-order valence-corrected chi connectivity index (χ1v) is 5.85. The van der Waals surface area contributed by atoms with Crippen molar-refractivity contribution in [2.45, 2.75) is 0 Å². The number of carbonyl (C=O) groups is 2. The molecule has 0 aliphatic rings. The molecule has 1 heterocycles. The van der Waals surface area contributed by atoms with E-state index in [4.69, 9.17) is 9.84 Å². The van der Waals surface area contributed by atoms with Crippen molar-refractivity contribution in [2.24, 2.45) is 0 Å². The first kappa shape index (κ1) is 13.8. The Morgan fingerprint density at radius 1 is 1.25 bits per heavy atom. The molecule has 0 bridgehead atoms. The highest BCUT2D eigenvalue weighted by molar-refractivity contribution is 5.93. The highest BCUT2D eigenvalue weighted by Crippen LogP contribution is 2.18. The maximum absolute atomic E-state index is 11.7. The Labute approximate surface area is 114 Å². The summed E-state index contributed by atoms with van der Waals surface area (Å²) in [6.45, 7) is -0.825. The lowest BCUT2D eigenvalue weighted by Crippen LogP contribution is -2.21. The maximum atomic E-state index is 11.7. The number of ether oxygens (including phenoxy) is 1. The number of nitrogens with zero attached hydrogens (tertiary/aromatic N) is 2. The van der Waals surface area contributed by atoms with Gasteiger partial charge < -0.3 is 15.2 Å². The van der Waals surface area contributed by atoms with Gasteiger partial charge in [-0.05, 0) is 18.2 Å². The third-order valence-corrected chi connectivity index (χ3v) is 2.39. The van der Waals surface area contributed by atoms with Crippen LogP contribution in [0.3, 0.4) is 0 Å². The van der Waals surface area contributed by atoms with Crippen LogP contribution in [0.2, 0.25) is 0 Å². The van der Waals surface area contributed by atoms with E-state index in [1.807, 2.05) is 6.07 Å². The van der Waals surface area contributed by atoms with Gasteiger partial charge >= 0.3 is 5.97 Å². The van der Waals surface area contributed by atoms with Crippen LogP contribution in [0, 0.1) is 0 Å². The van der Waals surface area contributed by atoms with E-state index in [9.17, 15) is 9.59 Å². The number of rotatable bonds is 6. The quantitative estimate of drug-likeness (QED) is 0.817. The fourth-order valence-corrected chi connectivity index (χ4v) is 1.61. The molecular weight excluding hydrogens is 262 g/mol. The number of amides is 1. The molecule has 0 unspecified atom stereocenters. The molecule has 7 heteroatoms. The lowest BCUT2D eigenvalue weighted by molar-refractivity contribution is -0.143. The van der Waals surface area contributed by atoms with Crippen LogP contribution < -0.4 is 5.32 Å². The number of carboxylic acids is 1. The molecular formula is C13H13N3O4. The Morgan fingerprint density at radius 3 is 2.75 bits per heavy atom. The molecule has 0 atom stereocenters. The number of carbonyl (C=O) groups excluding carboxylic acids is 1. The molecule has 2 aromatic rings. The summed E-state index contributed by atoms with van der Waals surface area (Å²) in [5, 5.41) is 15.2. The predicted octanol–water partition coefficient (Wildman–Crippen LogP) is 0.912. The Morgan fingerprint density at radius 2 is 2.05 bits per heavy atom. The van der Waals surface area contributed by atoms with E-state index < -0.39 is 18.5 Å². The lowest BCUT2D eigenvalue weighted by Gasteiger charge is -2.10. The summed E-state index contributed by atoms with van der Waals surface area (Å²) < 4.78 is 6.34. The molecule has 2 rings (SSSR count). The number of anilines is 1. The van der Waals surface area contributed by atoms with E-state index in [1.165, 1.54) is 0 Å². The molecule has 104 valence electrons. The van der Waals surface area contributed by atoms with E-state index in [0.29, 0.717) is 11.4 Å². The Hall–Kier alpha value is -2.67. The van der Waals surface area contributed by atoms with Crippen LogP contribution in [0.1, 0.15) is 0 Å². The maximum Gasteiger partial charge on any atom is 0.329 e. The number of nitrogens with one attached hydrogen (secondary N) is 1. The zero-order valence-corrected chi connectivity index (χ0v) is 10.5. The van der Waals surface area contributed by atoms with Gasteiger partial charge in [0.25, 0.3) is 0 Å². The number of hydrogen-bond acceptors (Lipinski definition) is 4. The normalized spacial score (nSPS) is 10.2. The van der Waals surface area contributed by atoms with Crippen molar-refractivity contribution in [3.63, 3.8) is 0 Å². The van der Waals surface area contributed by atoms with E-state index in [2.05, 4.69) is 10.4 Å². The van der Waals surface area contributed by atoms with Crippen LogP contribution in [-0.4, -0.2) is 40.0 Å². The standard InChI is InChI=1S/C13H13N3O4/c17-12(8-20-9-13(18)19)15-10-4-1-2-5-11(10)16-7-3-6-14-16/h1-7H,8-9H2,(H,15,17)(H,18,19). The van der Waals surface area contributed by atoms with Gasteiger partial charge in [0.15, 0.2) is 0 Å². The first-order valence-electron chi connectivity index (χ1n) is 5.85. The second kappa shape index (κ2) is 6.48. The van der Waals surface area contributed by atoms with E-state index in [1.54, 1.807) is 41.3 Å². The minimum absolute atomic E-state index is 0.320. The number of carboxylic acid groups (broad SMARTS) is 1. The number of hydrogen-bond donors (Lipinski definition) is 2. The summed E-state index contributed by atoms with van der Waals surface area (Å²) in [6, 6.07) is 8.91. The molecule has 0 aliphatic carbocycles. The Balaban J connectivity index is 2.03. The topological polar surface area (TPSA) is 93.5 Å². The number of aromatic nitrogens is 2. The smallest absolute Gasteiger partial charge is 0.329 e. The number of para-hydroxylation sites is 2. The highest BCUT2D eigenvalue weighted by atomic mass is 16.5. The van der Waals surface area contributed by atoms with Gasteiger partial charge in [0.05, 0.1) is 11.4 Å². The van der Waals surface area contributed by atoms with Crippen LogP contribution >= 0.6 is 0 Å². The predicted molar refractivity (Wildman–Crippen MR) is 70.6 cm³/mol. The molecule has 2 N–H and O–H groups in total. The average molecular weight is 275 g/mol. The summed E-state index contributed by atoms with van der Waals surface area (Å²) >= 11 is 0. The fraction of sp³-hybridized carbons (Fsp3) is 0.154. The monoisotopic (exact) mass is 275 g/mol. The van der Waals surface area contributed by atoms with Crippen LogP contribution in [-0.2, 0) is 14.3 Å². The minimum atomic E-state index is -1.12. The summed E-state index contributed by atoms with van der Waals surface area (Å²) in [4.78, 5) is 21.9. The lowest BCUT2D eigenvalue weighted by atomic mass is 10.2. The SMILES string of the molecule is O=C(O)COCC(=O)Nc1ccccc1-n1cccn1. The van der Waals surface area contributed by atoms with E-state index in [0.717, 1.165) is 0 Å². The first-order chi connectivity index (χ1) is 9.66. The van der Waals surface area contributed by atoms with Gasteiger partial charge in [0.1, 0.15) is 13.2 Å². The van der Waals surface area contributed by atoms with Crippen LogP contribution in [0.25, 0.3) is 5.69 Å². The third kappa shape index (κ3) is 3.66. The van der Waals surface area contributed by atoms with Crippen LogP contribution in [0.15, 0.2) is 42.7 Å². The largest absolute Gasteiger partial charge is 0.480 e. The zero-order valence-electron chi connectivity index (χ0n) is 10.5. The van der Waals surface area contributed by atoms with Gasteiger partial charge in [-0.15, -0.1) is 0 Å². The van der Waals surface area contributed by atoms with Gasteiger partial charge in [0.2, 0.25) is 5.91 Å². The number of benzene rings is 1. The summed E-state index contributed by atoms with van der Waals surface area (Å²) in [7, 11) is 0. The summed E-state index contributed by atoms with van der Waals surface area (Å²) in [6.07, 6.45) is 3.39. The molecule has 0 saturated carbocycles. The fourth-order valence-electron chi connectivity index (χ4n) is 1.61. The molecule has 0 spiro atoms. The molecule has 0 radical (unpaired) electrons. The molecule has 20 heavy (non-hydrogen) atoms. The van der Waals surface area contributed by atoms with Crippen molar-refractivity contribution < 1.29 is 19.4 Å². The van der Waals surface area contributed by atoms with Gasteiger partial charge in [-0.3, -0.25) is 4.79 Å². The van der Waals surface area contributed by atoms with Crippen molar-refractivity contribution in [3.05, 3.63) is 42.7 Å². The molecule has 0 aliphatic heterocycles. The van der Waals surface area contributed by atoms with Crippen molar-refractivity contribution in [1.82, 2.24) is 9.78 Å². The molecule has 1 aromatic carbocycles. The van der Waals surface area contributed by atoms with Gasteiger partial charge in [-0.25, -0.2) is 9.48 Å². The Kier molecular flexibility index (Phi) is 4.46. The minimum Gasteiger partial charge on any atom is -0.480 e. The highest BCUT2D eigenvalue weighted by Gasteiger charge is 2.09. The summed E-state index contributed by atoms with van der Waals surface area (Å²) in [5.41, 5.74) is 1.28. The van der Waals surface area contributed by atoms with Crippen LogP contribution in [0.4, 0.5) is 5.69 Å². The second-order valence-corrected chi connectivity index (χ2v) is 3.90. The van der Waals surface area contributed by atoms with E-state index in [-0.39, 0.29) is 6.61 Å². The van der Waals surface area contributed by atoms with Gasteiger partial charge in [-0.2, -0.15) is 5.10 Å². The second-order valence-electron chi connectivity index (χ2n) is 3.90. The molecule has 7 nitrogen and oxygen atoms in total.